The summed E-state index contributed by atoms with van der Waals surface area (Å²) in [5.41, 5.74) is 1.25. The lowest BCUT2D eigenvalue weighted by Gasteiger charge is -2.16. The van der Waals surface area contributed by atoms with Crippen LogP contribution in [0.4, 0.5) is 0 Å². The molecule has 1 atom stereocenters. The molecule has 92 valence electrons. The molecule has 2 rings (SSSR count). The van der Waals surface area contributed by atoms with Gasteiger partial charge >= 0.3 is 0 Å². The van der Waals surface area contributed by atoms with Crippen LogP contribution in [0.25, 0.3) is 0 Å². The van der Waals surface area contributed by atoms with Crippen LogP contribution < -0.4 is 5.32 Å². The smallest absolute Gasteiger partial charge is 0.0935 e. The number of thiophene rings is 1. The van der Waals surface area contributed by atoms with E-state index in [-0.39, 0.29) is 0 Å². The van der Waals surface area contributed by atoms with Crippen molar-refractivity contribution in [1.29, 1.82) is 0 Å². The highest BCUT2D eigenvalue weighted by molar-refractivity contribution is 7.12. The molecule has 2 aromatic rings. The van der Waals surface area contributed by atoms with E-state index in [1.165, 1.54) is 15.3 Å². The molecule has 0 spiro atoms. The van der Waals surface area contributed by atoms with Crippen molar-refractivity contribution >= 4 is 11.3 Å². The molecule has 0 bridgehead atoms. The summed E-state index contributed by atoms with van der Waals surface area (Å²) in [6.45, 7) is 5.41. The molecule has 0 saturated heterocycles. The summed E-state index contributed by atoms with van der Waals surface area (Å²) in [5, 5.41) is 3.61. The highest BCUT2D eigenvalue weighted by atomic mass is 32.1. The zero-order valence-electron chi connectivity index (χ0n) is 10.4. The Morgan fingerprint density at radius 2 is 2.24 bits per heavy atom. The minimum atomic E-state index is 0.409. The molecular formula is C14H19NOS. The van der Waals surface area contributed by atoms with Crippen molar-refractivity contribution in [1.82, 2.24) is 5.32 Å². The average molecular weight is 249 g/mol. The predicted octanol–water partition coefficient (Wildman–Crippen LogP) is 3.93. The molecule has 3 heteroatoms. The summed E-state index contributed by atoms with van der Waals surface area (Å²) in [4.78, 5) is 2.78. The standard InChI is InChI=1S/C14H19NOS/c1-3-7-15-13(9-12-6-8-16-10-12)14-5-4-11(2)17-14/h4-6,8,10,13,15H,3,7,9H2,1-2H3. The van der Waals surface area contributed by atoms with Crippen molar-refractivity contribution in [3.8, 4) is 0 Å². The largest absolute Gasteiger partial charge is 0.472 e. The van der Waals surface area contributed by atoms with Crippen LogP contribution in [0.1, 0.15) is 34.7 Å². The Kier molecular flexibility index (Phi) is 4.40. The van der Waals surface area contributed by atoms with Gasteiger partial charge < -0.3 is 9.73 Å². The van der Waals surface area contributed by atoms with E-state index in [4.69, 9.17) is 4.42 Å². The van der Waals surface area contributed by atoms with E-state index in [2.05, 4.69) is 31.3 Å². The summed E-state index contributed by atoms with van der Waals surface area (Å²) in [6.07, 6.45) is 5.73. The van der Waals surface area contributed by atoms with Crippen LogP contribution in [-0.2, 0) is 6.42 Å². The van der Waals surface area contributed by atoms with E-state index in [1.807, 2.05) is 23.7 Å². The Bertz CT molecular complexity index is 433. The molecule has 0 aliphatic carbocycles. The zero-order valence-corrected chi connectivity index (χ0v) is 11.2. The fourth-order valence-electron chi connectivity index (χ4n) is 1.88. The first-order valence-electron chi connectivity index (χ1n) is 6.10. The molecular weight excluding hydrogens is 230 g/mol. The van der Waals surface area contributed by atoms with Crippen molar-refractivity contribution in [2.24, 2.45) is 0 Å². The first-order valence-corrected chi connectivity index (χ1v) is 6.92. The number of aryl methyl sites for hydroxylation is 1. The molecule has 2 aromatic heterocycles. The van der Waals surface area contributed by atoms with Crippen LogP contribution in [-0.4, -0.2) is 6.54 Å². The highest BCUT2D eigenvalue weighted by Gasteiger charge is 2.13. The van der Waals surface area contributed by atoms with Crippen molar-refractivity contribution in [3.05, 3.63) is 46.0 Å². The molecule has 0 aliphatic rings. The second-order valence-electron chi connectivity index (χ2n) is 4.29. The second kappa shape index (κ2) is 6.03. The third-order valence-corrected chi connectivity index (χ3v) is 3.88. The van der Waals surface area contributed by atoms with Gasteiger partial charge in [0.2, 0.25) is 0 Å². The van der Waals surface area contributed by atoms with Gasteiger partial charge in [0, 0.05) is 15.8 Å². The highest BCUT2D eigenvalue weighted by Crippen LogP contribution is 2.25. The molecule has 17 heavy (non-hydrogen) atoms. The third-order valence-electron chi connectivity index (χ3n) is 2.77. The minimum Gasteiger partial charge on any atom is -0.472 e. The van der Waals surface area contributed by atoms with E-state index >= 15 is 0 Å². The van der Waals surface area contributed by atoms with Gasteiger partial charge in [-0.2, -0.15) is 0 Å². The molecule has 1 N–H and O–H groups in total. The number of hydrogen-bond donors (Lipinski definition) is 1. The van der Waals surface area contributed by atoms with Crippen molar-refractivity contribution in [2.75, 3.05) is 6.54 Å². The number of nitrogens with one attached hydrogen (secondary N) is 1. The van der Waals surface area contributed by atoms with Gasteiger partial charge in [0.1, 0.15) is 0 Å². The molecule has 0 amide bonds. The van der Waals surface area contributed by atoms with Gasteiger partial charge in [-0.25, -0.2) is 0 Å². The topological polar surface area (TPSA) is 25.2 Å². The fourth-order valence-corrected chi connectivity index (χ4v) is 2.83. The lowest BCUT2D eigenvalue weighted by Crippen LogP contribution is -2.23. The molecule has 0 aromatic carbocycles. The normalized spacial score (nSPS) is 12.8. The maximum atomic E-state index is 5.14. The number of hydrogen-bond acceptors (Lipinski definition) is 3. The molecule has 2 heterocycles. The van der Waals surface area contributed by atoms with Crippen molar-refractivity contribution < 1.29 is 4.42 Å². The fraction of sp³-hybridized carbons (Fsp3) is 0.429. The van der Waals surface area contributed by atoms with Crippen molar-refractivity contribution in [3.63, 3.8) is 0 Å². The van der Waals surface area contributed by atoms with E-state index in [9.17, 15) is 0 Å². The monoisotopic (exact) mass is 249 g/mol. The van der Waals surface area contributed by atoms with Gasteiger partial charge in [0.25, 0.3) is 0 Å². The SMILES string of the molecule is CCCNC(Cc1ccoc1)c1ccc(C)s1. The van der Waals surface area contributed by atoms with Crippen LogP contribution >= 0.6 is 11.3 Å². The maximum Gasteiger partial charge on any atom is 0.0935 e. The van der Waals surface area contributed by atoms with E-state index in [0.717, 1.165) is 19.4 Å². The summed E-state index contributed by atoms with van der Waals surface area (Å²) in [7, 11) is 0. The molecule has 0 aliphatic heterocycles. The molecule has 0 radical (unpaired) electrons. The quantitative estimate of drug-likeness (QED) is 0.839. The first kappa shape index (κ1) is 12.4. The van der Waals surface area contributed by atoms with Gasteiger partial charge in [-0.15, -0.1) is 11.3 Å². The van der Waals surface area contributed by atoms with Gasteiger partial charge in [0.15, 0.2) is 0 Å². The van der Waals surface area contributed by atoms with E-state index in [1.54, 1.807) is 6.26 Å². The van der Waals surface area contributed by atoms with E-state index < -0.39 is 0 Å². The first-order chi connectivity index (χ1) is 8.29. The van der Waals surface area contributed by atoms with Crippen LogP contribution in [0, 0.1) is 6.92 Å². The molecule has 0 fully saturated rings. The Morgan fingerprint density at radius 3 is 2.82 bits per heavy atom. The Hall–Kier alpha value is -1.06. The van der Waals surface area contributed by atoms with Gasteiger partial charge in [0.05, 0.1) is 12.5 Å². The maximum absolute atomic E-state index is 5.14. The lowest BCUT2D eigenvalue weighted by atomic mass is 10.1. The van der Waals surface area contributed by atoms with Crippen LogP contribution in [0.5, 0.6) is 0 Å². The average Bonchev–Trinajstić information content (AvgIpc) is 2.95. The molecule has 2 nitrogen and oxygen atoms in total. The van der Waals surface area contributed by atoms with Crippen LogP contribution in [0.15, 0.2) is 35.1 Å². The van der Waals surface area contributed by atoms with Crippen LogP contribution in [0.2, 0.25) is 0 Å². The summed E-state index contributed by atoms with van der Waals surface area (Å²) < 4.78 is 5.14. The molecule has 0 saturated carbocycles. The zero-order chi connectivity index (χ0) is 12.1. The van der Waals surface area contributed by atoms with Gasteiger partial charge in [-0.05, 0) is 50.1 Å². The molecule has 1 unspecified atom stereocenters. The Morgan fingerprint density at radius 1 is 1.35 bits per heavy atom. The Labute approximate surface area is 107 Å². The lowest BCUT2D eigenvalue weighted by molar-refractivity contribution is 0.526. The Balaban J connectivity index is 2.07. The second-order valence-corrected chi connectivity index (χ2v) is 5.61. The van der Waals surface area contributed by atoms with E-state index in [0.29, 0.717) is 6.04 Å². The minimum absolute atomic E-state index is 0.409. The summed E-state index contributed by atoms with van der Waals surface area (Å²) in [5.74, 6) is 0. The predicted molar refractivity (Wildman–Crippen MR) is 72.5 cm³/mol. The van der Waals surface area contributed by atoms with Crippen molar-refractivity contribution in [2.45, 2.75) is 32.7 Å². The number of furan rings is 1. The van der Waals surface area contributed by atoms with Crippen LogP contribution in [0.3, 0.4) is 0 Å². The number of rotatable bonds is 6. The summed E-state index contributed by atoms with van der Waals surface area (Å²) in [6, 6.07) is 6.87. The summed E-state index contributed by atoms with van der Waals surface area (Å²) >= 11 is 1.88. The van der Waals surface area contributed by atoms with Gasteiger partial charge in [-0.1, -0.05) is 6.92 Å². The third kappa shape index (κ3) is 3.45. The van der Waals surface area contributed by atoms with Gasteiger partial charge in [-0.3, -0.25) is 0 Å².